The highest BCUT2D eigenvalue weighted by molar-refractivity contribution is 7.90. The van der Waals surface area contributed by atoms with Gasteiger partial charge >= 0.3 is 0 Å². The number of fused-ring (bicyclic) bond motifs is 1. The summed E-state index contributed by atoms with van der Waals surface area (Å²) in [7, 11) is -3.20. The van der Waals surface area contributed by atoms with Crippen molar-refractivity contribution in [1.29, 1.82) is 0 Å². The third kappa shape index (κ3) is 6.29. The summed E-state index contributed by atoms with van der Waals surface area (Å²) in [6.07, 6.45) is 4.05. The molecule has 5 nitrogen and oxygen atoms in total. The van der Waals surface area contributed by atoms with Crippen LogP contribution >= 0.6 is 24.8 Å². The molecule has 0 aliphatic heterocycles. The van der Waals surface area contributed by atoms with Gasteiger partial charge in [-0.15, -0.1) is 24.8 Å². The maximum atomic E-state index is 14.2. The van der Waals surface area contributed by atoms with Gasteiger partial charge in [0.25, 0.3) is 0 Å². The lowest BCUT2D eigenvalue weighted by Gasteiger charge is -2.08. The summed E-state index contributed by atoms with van der Waals surface area (Å²) in [5, 5.41) is 0. The second kappa shape index (κ2) is 11.1. The van der Waals surface area contributed by atoms with Gasteiger partial charge in [-0.25, -0.2) is 12.8 Å². The molecule has 2 N–H and O–H groups in total. The van der Waals surface area contributed by atoms with Gasteiger partial charge < -0.3 is 10.3 Å². The van der Waals surface area contributed by atoms with Crippen molar-refractivity contribution in [2.24, 2.45) is 5.73 Å². The first-order valence-electron chi connectivity index (χ1n) is 9.49. The highest BCUT2D eigenvalue weighted by Crippen LogP contribution is 2.27. The van der Waals surface area contributed by atoms with Crippen molar-refractivity contribution in [2.75, 3.05) is 12.8 Å². The molecule has 2 aromatic heterocycles. The van der Waals surface area contributed by atoms with E-state index in [-0.39, 0.29) is 43.7 Å². The Morgan fingerprint density at radius 3 is 2.32 bits per heavy atom. The third-order valence-corrected chi connectivity index (χ3v) is 6.22. The first-order chi connectivity index (χ1) is 13.7. The molecule has 3 rings (SSSR count). The second-order valence-corrected chi connectivity index (χ2v) is 9.29. The van der Waals surface area contributed by atoms with Gasteiger partial charge in [-0.3, -0.25) is 4.98 Å². The number of nitrogens with zero attached hydrogens (tertiary/aromatic N) is 2. The first kappa shape index (κ1) is 27.1. The van der Waals surface area contributed by atoms with Crippen LogP contribution in [0.4, 0.5) is 4.39 Å². The molecule has 0 saturated heterocycles. The normalized spacial score (nSPS) is 11.8. The molecule has 0 saturated carbocycles. The molecule has 3 aromatic rings. The SMILES string of the molecule is Cc1ccc2c(n1)c(CCc1ccc(S(C)(=O)=O)cc1)c(C)n2C/C(F)=C/CN.Cl.Cl. The molecule has 1 aromatic carbocycles. The number of halogens is 3. The molecule has 0 amide bonds. The Bertz CT molecular complexity index is 1170. The summed E-state index contributed by atoms with van der Waals surface area (Å²) in [5.74, 6) is -0.268. The van der Waals surface area contributed by atoms with Crippen molar-refractivity contribution in [2.45, 2.75) is 38.1 Å². The maximum absolute atomic E-state index is 14.2. The van der Waals surface area contributed by atoms with Crippen molar-refractivity contribution in [1.82, 2.24) is 9.55 Å². The molecule has 0 unspecified atom stereocenters. The average Bonchev–Trinajstić information content (AvgIpc) is 2.90. The highest BCUT2D eigenvalue weighted by Gasteiger charge is 2.16. The Morgan fingerprint density at radius 2 is 1.74 bits per heavy atom. The number of benzene rings is 1. The molecule has 0 radical (unpaired) electrons. The van der Waals surface area contributed by atoms with E-state index in [0.29, 0.717) is 4.90 Å². The van der Waals surface area contributed by atoms with Crippen LogP contribution in [0.15, 0.2) is 53.2 Å². The van der Waals surface area contributed by atoms with Gasteiger partial charge in [0.15, 0.2) is 9.84 Å². The van der Waals surface area contributed by atoms with Crippen molar-refractivity contribution >= 4 is 45.7 Å². The molecule has 2 heterocycles. The topological polar surface area (TPSA) is 78.0 Å². The molecular formula is C22H28Cl2FN3O2S. The van der Waals surface area contributed by atoms with E-state index >= 15 is 0 Å². The number of rotatable bonds is 7. The second-order valence-electron chi connectivity index (χ2n) is 7.27. The van der Waals surface area contributed by atoms with E-state index in [0.717, 1.165) is 46.4 Å². The maximum Gasteiger partial charge on any atom is 0.175 e. The van der Waals surface area contributed by atoms with Crippen LogP contribution in [0, 0.1) is 13.8 Å². The predicted molar refractivity (Wildman–Crippen MR) is 129 cm³/mol. The van der Waals surface area contributed by atoms with Crippen LogP contribution in [0.25, 0.3) is 11.0 Å². The van der Waals surface area contributed by atoms with E-state index in [2.05, 4.69) is 0 Å². The standard InChI is InChI=1S/C22H26FN3O2S.2ClH/c1-15-4-11-21-22(25-15)20(16(2)26(21)14-18(23)12-13-24)10-7-17-5-8-19(9-6-17)29(3,27)28;;/h4-6,8-9,11-12H,7,10,13-14,24H2,1-3H3;2*1H/b18-12-;;. The van der Waals surface area contributed by atoms with Crippen LogP contribution < -0.4 is 5.73 Å². The van der Waals surface area contributed by atoms with Crippen LogP contribution in [0.1, 0.15) is 22.5 Å². The van der Waals surface area contributed by atoms with Crippen molar-refractivity contribution in [3.05, 3.63) is 70.8 Å². The quantitative estimate of drug-likeness (QED) is 0.532. The Hall–Kier alpha value is -1.93. The minimum absolute atomic E-state index is 0. The molecule has 0 bridgehead atoms. The van der Waals surface area contributed by atoms with E-state index in [1.807, 2.05) is 42.7 Å². The summed E-state index contributed by atoms with van der Waals surface area (Å²) in [4.78, 5) is 5.02. The lowest BCUT2D eigenvalue weighted by Crippen LogP contribution is -2.04. The van der Waals surface area contributed by atoms with E-state index in [1.165, 1.54) is 12.3 Å². The number of aryl methyl sites for hydroxylation is 3. The monoisotopic (exact) mass is 487 g/mol. The third-order valence-electron chi connectivity index (χ3n) is 5.10. The number of sulfone groups is 1. The van der Waals surface area contributed by atoms with Gasteiger partial charge in [-0.1, -0.05) is 12.1 Å². The molecule has 0 aliphatic rings. The summed E-state index contributed by atoms with van der Waals surface area (Å²) < 4.78 is 39.4. The molecule has 0 spiro atoms. The Morgan fingerprint density at radius 1 is 1.10 bits per heavy atom. The van der Waals surface area contributed by atoms with Crippen LogP contribution in [-0.2, 0) is 29.2 Å². The van der Waals surface area contributed by atoms with Crippen LogP contribution in [0.2, 0.25) is 0 Å². The van der Waals surface area contributed by atoms with E-state index < -0.39 is 9.84 Å². The fourth-order valence-corrected chi connectivity index (χ4v) is 4.15. The van der Waals surface area contributed by atoms with Gasteiger partial charge in [0.1, 0.15) is 5.83 Å². The van der Waals surface area contributed by atoms with Gasteiger partial charge in [-0.2, -0.15) is 0 Å². The number of allylic oxidation sites excluding steroid dienone is 1. The lowest BCUT2D eigenvalue weighted by molar-refractivity contribution is 0.554. The largest absolute Gasteiger partial charge is 0.337 e. The van der Waals surface area contributed by atoms with Crippen molar-refractivity contribution in [3.8, 4) is 0 Å². The zero-order chi connectivity index (χ0) is 21.2. The van der Waals surface area contributed by atoms with Gasteiger partial charge in [0.05, 0.1) is 22.5 Å². The minimum Gasteiger partial charge on any atom is -0.337 e. The van der Waals surface area contributed by atoms with Gasteiger partial charge in [0.2, 0.25) is 0 Å². The molecule has 9 heteroatoms. The molecule has 31 heavy (non-hydrogen) atoms. The average molecular weight is 488 g/mol. The molecule has 0 fully saturated rings. The Labute approximate surface area is 195 Å². The summed E-state index contributed by atoms with van der Waals surface area (Å²) >= 11 is 0. The number of pyridine rings is 1. The Kier molecular flexibility index (Phi) is 9.69. The van der Waals surface area contributed by atoms with Crippen molar-refractivity contribution < 1.29 is 12.8 Å². The fraction of sp³-hybridized carbons (Fsp3) is 0.318. The highest BCUT2D eigenvalue weighted by atomic mass is 35.5. The molecule has 170 valence electrons. The van der Waals surface area contributed by atoms with E-state index in [9.17, 15) is 12.8 Å². The summed E-state index contributed by atoms with van der Waals surface area (Å²) in [6.45, 7) is 4.22. The smallest absolute Gasteiger partial charge is 0.175 e. The molecular weight excluding hydrogens is 460 g/mol. The zero-order valence-electron chi connectivity index (χ0n) is 17.8. The summed E-state index contributed by atoms with van der Waals surface area (Å²) in [5.41, 5.74) is 11.2. The zero-order valence-corrected chi connectivity index (χ0v) is 20.2. The van der Waals surface area contributed by atoms with Gasteiger partial charge in [0, 0.05) is 24.2 Å². The molecule has 0 atom stereocenters. The fourth-order valence-electron chi connectivity index (χ4n) is 3.52. The number of hydrogen-bond donors (Lipinski definition) is 1. The van der Waals surface area contributed by atoms with Crippen LogP contribution in [0.3, 0.4) is 0 Å². The lowest BCUT2D eigenvalue weighted by atomic mass is 10.0. The Balaban J connectivity index is 0.00000240. The predicted octanol–water partition coefficient (Wildman–Crippen LogP) is 4.50. The van der Waals surface area contributed by atoms with Crippen molar-refractivity contribution in [3.63, 3.8) is 0 Å². The van der Waals surface area contributed by atoms with Crippen LogP contribution in [-0.4, -0.2) is 30.8 Å². The number of hydrogen-bond acceptors (Lipinski definition) is 4. The first-order valence-corrected chi connectivity index (χ1v) is 11.4. The number of aromatic nitrogens is 2. The number of nitrogens with two attached hydrogens (primary N) is 1. The van der Waals surface area contributed by atoms with Gasteiger partial charge in [-0.05, 0) is 68.2 Å². The molecule has 0 aliphatic carbocycles. The summed E-state index contributed by atoms with van der Waals surface area (Å²) in [6, 6.07) is 10.9. The van der Waals surface area contributed by atoms with E-state index in [4.69, 9.17) is 10.7 Å². The minimum atomic E-state index is -3.20. The van der Waals surface area contributed by atoms with Crippen LogP contribution in [0.5, 0.6) is 0 Å². The van der Waals surface area contributed by atoms with E-state index in [1.54, 1.807) is 12.1 Å².